The number of hydrogen-bond donors (Lipinski definition) is 1. The van der Waals surface area contributed by atoms with E-state index in [-0.39, 0.29) is 22.8 Å². The molecule has 0 saturated carbocycles. The van der Waals surface area contributed by atoms with E-state index in [2.05, 4.69) is 5.32 Å². The number of hydrogen-bond acceptors (Lipinski definition) is 4. The van der Waals surface area contributed by atoms with Crippen molar-refractivity contribution >= 4 is 15.9 Å². The lowest BCUT2D eigenvalue weighted by molar-refractivity contribution is 0.0950. The van der Waals surface area contributed by atoms with E-state index in [1.165, 1.54) is 35.7 Å². The van der Waals surface area contributed by atoms with Crippen molar-refractivity contribution in [1.82, 2.24) is 9.62 Å². The number of amides is 1. The van der Waals surface area contributed by atoms with Crippen molar-refractivity contribution < 1.29 is 22.3 Å². The van der Waals surface area contributed by atoms with Gasteiger partial charge in [-0.05, 0) is 53.4 Å². The van der Waals surface area contributed by atoms with Crippen LogP contribution >= 0.6 is 0 Å². The first kappa shape index (κ1) is 22.0. The van der Waals surface area contributed by atoms with E-state index in [0.717, 1.165) is 11.1 Å². The Balaban J connectivity index is 1.48. The minimum absolute atomic E-state index is 0.0695. The van der Waals surface area contributed by atoms with Gasteiger partial charge in [-0.3, -0.25) is 4.79 Å². The highest BCUT2D eigenvalue weighted by Crippen LogP contribution is 2.25. The van der Waals surface area contributed by atoms with Crippen molar-refractivity contribution in [2.75, 3.05) is 13.7 Å². The minimum atomic E-state index is -3.75. The van der Waals surface area contributed by atoms with Crippen molar-refractivity contribution in [3.8, 4) is 5.75 Å². The zero-order valence-corrected chi connectivity index (χ0v) is 18.4. The van der Waals surface area contributed by atoms with E-state index in [0.29, 0.717) is 25.1 Å². The summed E-state index contributed by atoms with van der Waals surface area (Å²) in [7, 11) is -2.37. The van der Waals surface area contributed by atoms with Crippen LogP contribution in [0.25, 0.3) is 0 Å². The molecule has 0 bridgehead atoms. The smallest absolute Gasteiger partial charge is 0.251 e. The molecule has 1 aliphatic rings. The maximum atomic E-state index is 13.8. The van der Waals surface area contributed by atoms with E-state index in [1.807, 2.05) is 24.3 Å². The van der Waals surface area contributed by atoms with Gasteiger partial charge in [0, 0.05) is 25.2 Å². The standard InChI is InChI=1S/C24H23FN2O4S/c1-31-23-10-9-17(13-22(23)25)15-26-24(28)19-7-4-8-21(14-19)32(29,30)27-12-11-18-5-2-3-6-20(18)16-27/h2-10,13-14H,11-12,15-16H2,1H3,(H,26,28). The lowest BCUT2D eigenvalue weighted by Crippen LogP contribution is -2.36. The molecule has 1 N–H and O–H groups in total. The van der Waals surface area contributed by atoms with Gasteiger partial charge in [0.1, 0.15) is 0 Å². The predicted octanol–water partition coefficient (Wildman–Crippen LogP) is 3.51. The fourth-order valence-electron chi connectivity index (χ4n) is 3.73. The highest BCUT2D eigenvalue weighted by molar-refractivity contribution is 7.89. The molecule has 0 fully saturated rings. The van der Waals surface area contributed by atoms with Crippen molar-refractivity contribution in [2.45, 2.75) is 24.4 Å². The summed E-state index contributed by atoms with van der Waals surface area (Å²) >= 11 is 0. The average Bonchev–Trinajstić information content (AvgIpc) is 2.82. The second-order valence-corrected chi connectivity index (χ2v) is 9.47. The molecule has 166 valence electrons. The zero-order valence-electron chi connectivity index (χ0n) is 17.5. The number of ether oxygens (including phenoxy) is 1. The van der Waals surface area contributed by atoms with Gasteiger partial charge < -0.3 is 10.1 Å². The van der Waals surface area contributed by atoms with Gasteiger partial charge in [0.25, 0.3) is 5.91 Å². The van der Waals surface area contributed by atoms with Crippen molar-refractivity contribution in [3.05, 3.63) is 94.8 Å². The predicted molar refractivity (Wildman–Crippen MR) is 118 cm³/mol. The molecule has 3 aromatic rings. The van der Waals surface area contributed by atoms with Crippen LogP contribution in [0.15, 0.2) is 71.6 Å². The number of rotatable bonds is 6. The number of sulfonamides is 1. The lowest BCUT2D eigenvalue weighted by Gasteiger charge is -2.28. The normalized spacial score (nSPS) is 13.9. The van der Waals surface area contributed by atoms with E-state index < -0.39 is 21.7 Å². The summed E-state index contributed by atoms with van der Waals surface area (Å²) in [5.74, 6) is -0.837. The molecule has 1 heterocycles. The van der Waals surface area contributed by atoms with Crippen LogP contribution in [0.5, 0.6) is 5.75 Å². The van der Waals surface area contributed by atoms with Crippen LogP contribution in [-0.2, 0) is 29.5 Å². The number of nitrogens with one attached hydrogen (secondary N) is 1. The highest BCUT2D eigenvalue weighted by Gasteiger charge is 2.28. The van der Waals surface area contributed by atoms with E-state index >= 15 is 0 Å². The van der Waals surface area contributed by atoms with Gasteiger partial charge in [-0.1, -0.05) is 36.4 Å². The maximum Gasteiger partial charge on any atom is 0.251 e. The molecule has 6 nitrogen and oxygen atoms in total. The molecule has 4 rings (SSSR count). The Kier molecular flexibility index (Phi) is 6.25. The Bertz CT molecular complexity index is 1260. The Morgan fingerprint density at radius 3 is 2.59 bits per heavy atom. The summed E-state index contributed by atoms with van der Waals surface area (Å²) in [6.07, 6.45) is 0.647. The summed E-state index contributed by atoms with van der Waals surface area (Å²) < 4.78 is 46.5. The van der Waals surface area contributed by atoms with Crippen LogP contribution < -0.4 is 10.1 Å². The molecular formula is C24H23FN2O4S. The Labute approximate surface area is 186 Å². The van der Waals surface area contributed by atoms with Gasteiger partial charge in [-0.2, -0.15) is 4.31 Å². The molecule has 0 aromatic heterocycles. The summed E-state index contributed by atoms with van der Waals surface area (Å²) in [5.41, 5.74) is 2.93. The molecule has 0 spiro atoms. The summed E-state index contributed by atoms with van der Waals surface area (Å²) in [6.45, 7) is 0.788. The number of halogens is 1. The van der Waals surface area contributed by atoms with Gasteiger partial charge in [0.15, 0.2) is 11.6 Å². The van der Waals surface area contributed by atoms with Crippen molar-refractivity contribution in [2.24, 2.45) is 0 Å². The highest BCUT2D eigenvalue weighted by atomic mass is 32.2. The van der Waals surface area contributed by atoms with Crippen LogP contribution in [0.1, 0.15) is 27.0 Å². The topological polar surface area (TPSA) is 75.7 Å². The lowest BCUT2D eigenvalue weighted by atomic mass is 10.0. The minimum Gasteiger partial charge on any atom is -0.494 e. The molecule has 8 heteroatoms. The summed E-state index contributed by atoms with van der Waals surface area (Å²) in [5, 5.41) is 2.70. The summed E-state index contributed by atoms with van der Waals surface area (Å²) in [6, 6.07) is 18.2. The van der Waals surface area contributed by atoms with Crippen LogP contribution in [0.4, 0.5) is 4.39 Å². The van der Waals surface area contributed by atoms with Gasteiger partial charge in [-0.25, -0.2) is 12.8 Å². The molecule has 0 saturated heterocycles. The molecule has 1 aliphatic heterocycles. The zero-order chi connectivity index (χ0) is 22.7. The average molecular weight is 455 g/mol. The van der Waals surface area contributed by atoms with E-state index in [4.69, 9.17) is 4.74 Å². The van der Waals surface area contributed by atoms with Crippen LogP contribution in [0.3, 0.4) is 0 Å². The molecule has 0 unspecified atom stereocenters. The SMILES string of the molecule is COc1ccc(CNC(=O)c2cccc(S(=O)(=O)N3CCc4ccccc4C3)c2)cc1F. The van der Waals surface area contributed by atoms with Gasteiger partial charge in [0.2, 0.25) is 10.0 Å². The van der Waals surface area contributed by atoms with Crippen LogP contribution in [0.2, 0.25) is 0 Å². The number of benzene rings is 3. The molecule has 0 aliphatic carbocycles. The molecular weight excluding hydrogens is 431 g/mol. The third-order valence-corrected chi connectivity index (χ3v) is 7.34. The number of carbonyl (C=O) groups excluding carboxylic acids is 1. The van der Waals surface area contributed by atoms with Gasteiger partial charge in [0.05, 0.1) is 12.0 Å². The second kappa shape index (κ2) is 9.10. The fourth-order valence-corrected chi connectivity index (χ4v) is 5.19. The first-order chi connectivity index (χ1) is 15.4. The van der Waals surface area contributed by atoms with Crippen LogP contribution in [-0.4, -0.2) is 32.3 Å². The Morgan fingerprint density at radius 2 is 1.84 bits per heavy atom. The number of fused-ring (bicyclic) bond motifs is 1. The van der Waals surface area contributed by atoms with Gasteiger partial charge >= 0.3 is 0 Å². The van der Waals surface area contributed by atoms with E-state index in [9.17, 15) is 17.6 Å². The Hall–Kier alpha value is -3.23. The first-order valence-electron chi connectivity index (χ1n) is 10.2. The number of carbonyl (C=O) groups is 1. The van der Waals surface area contributed by atoms with Gasteiger partial charge in [-0.15, -0.1) is 0 Å². The molecule has 32 heavy (non-hydrogen) atoms. The van der Waals surface area contributed by atoms with E-state index in [1.54, 1.807) is 18.2 Å². The molecule has 0 radical (unpaired) electrons. The summed E-state index contributed by atoms with van der Waals surface area (Å²) in [4.78, 5) is 12.7. The fraction of sp³-hybridized carbons (Fsp3) is 0.208. The number of nitrogens with zero attached hydrogens (tertiary/aromatic N) is 1. The van der Waals surface area contributed by atoms with Crippen molar-refractivity contribution in [1.29, 1.82) is 0 Å². The molecule has 3 aromatic carbocycles. The quantitative estimate of drug-likeness (QED) is 0.619. The molecule has 0 atom stereocenters. The Morgan fingerprint density at radius 1 is 1.06 bits per heavy atom. The van der Waals surface area contributed by atoms with Crippen LogP contribution in [0, 0.1) is 5.82 Å². The largest absolute Gasteiger partial charge is 0.494 e. The second-order valence-electron chi connectivity index (χ2n) is 7.54. The first-order valence-corrected chi connectivity index (χ1v) is 11.6. The third-order valence-electron chi connectivity index (χ3n) is 5.50. The molecule has 1 amide bonds. The van der Waals surface area contributed by atoms with Crippen molar-refractivity contribution in [3.63, 3.8) is 0 Å². The number of methoxy groups -OCH3 is 1. The third kappa shape index (κ3) is 4.51. The maximum absolute atomic E-state index is 13.8. The monoisotopic (exact) mass is 454 g/mol.